The van der Waals surface area contributed by atoms with Gasteiger partial charge in [0, 0.05) is 11.3 Å². The minimum atomic E-state index is -0.759. The average Bonchev–Trinajstić information content (AvgIpc) is 3.18. The Morgan fingerprint density at radius 2 is 1.64 bits per heavy atom. The van der Waals surface area contributed by atoms with E-state index in [0.717, 1.165) is 5.56 Å². The van der Waals surface area contributed by atoms with Gasteiger partial charge in [0.1, 0.15) is 12.2 Å². The molecule has 0 saturated carbocycles. The number of anilines is 2. The SMILES string of the molecule is CON(OC)c1ccc(C2C(C(=O)c3ccccc3)=C(Nc3ccc(C)cc3)C(=O)N2CC#N)cc1. The summed E-state index contributed by atoms with van der Waals surface area (Å²) < 4.78 is 0. The van der Waals surface area contributed by atoms with Crippen LogP contribution in [0.5, 0.6) is 0 Å². The average molecular weight is 483 g/mol. The largest absolute Gasteiger partial charge is 0.351 e. The molecule has 4 rings (SSSR count). The van der Waals surface area contributed by atoms with Crippen molar-refractivity contribution in [2.24, 2.45) is 0 Å². The molecule has 8 nitrogen and oxygen atoms in total. The van der Waals surface area contributed by atoms with Gasteiger partial charge >= 0.3 is 0 Å². The molecule has 1 heterocycles. The summed E-state index contributed by atoms with van der Waals surface area (Å²) in [7, 11) is 2.95. The molecule has 0 aliphatic carbocycles. The van der Waals surface area contributed by atoms with E-state index < -0.39 is 11.9 Å². The quantitative estimate of drug-likeness (QED) is 0.271. The molecule has 1 amide bonds. The van der Waals surface area contributed by atoms with E-state index in [1.54, 1.807) is 48.5 Å². The number of hydrogen-bond acceptors (Lipinski definition) is 7. The maximum absolute atomic E-state index is 13.8. The second kappa shape index (κ2) is 10.9. The van der Waals surface area contributed by atoms with Crippen molar-refractivity contribution < 1.29 is 19.3 Å². The molecular formula is C28H26N4O4. The van der Waals surface area contributed by atoms with Crippen LogP contribution in [-0.4, -0.2) is 37.4 Å². The van der Waals surface area contributed by atoms with Crippen LogP contribution in [0.25, 0.3) is 0 Å². The molecule has 1 aliphatic heterocycles. The highest BCUT2D eigenvalue weighted by Crippen LogP contribution is 2.40. The molecule has 0 bridgehead atoms. The van der Waals surface area contributed by atoms with Crippen molar-refractivity contribution in [2.75, 3.05) is 31.3 Å². The lowest BCUT2D eigenvalue weighted by Gasteiger charge is -2.25. The zero-order valence-electron chi connectivity index (χ0n) is 20.3. The van der Waals surface area contributed by atoms with Crippen LogP contribution in [0.15, 0.2) is 90.1 Å². The second-order valence-electron chi connectivity index (χ2n) is 8.18. The van der Waals surface area contributed by atoms with Gasteiger partial charge in [-0.25, -0.2) is 0 Å². The normalized spacial score (nSPS) is 15.1. The fourth-order valence-corrected chi connectivity index (χ4v) is 4.20. The highest BCUT2D eigenvalue weighted by molar-refractivity contribution is 6.18. The van der Waals surface area contributed by atoms with Crippen LogP contribution < -0.4 is 10.5 Å². The lowest BCUT2D eigenvalue weighted by Crippen LogP contribution is -2.32. The summed E-state index contributed by atoms with van der Waals surface area (Å²) in [5.74, 6) is -0.704. The minimum absolute atomic E-state index is 0.160. The highest BCUT2D eigenvalue weighted by Gasteiger charge is 2.43. The molecule has 0 fully saturated rings. The molecular weight excluding hydrogens is 456 g/mol. The number of rotatable bonds is 9. The molecule has 3 aromatic rings. The standard InChI is InChI=1S/C28H26N4O4/c1-19-9-13-22(14-10-19)30-25-24(27(33)21-7-5-4-6-8-21)26(31(18-17-29)28(25)34)20-11-15-23(16-12-20)32(35-2)36-3/h4-16,26,30H,18H2,1-3H3. The van der Waals surface area contributed by atoms with Crippen LogP contribution in [0.2, 0.25) is 0 Å². The molecule has 1 unspecified atom stereocenters. The summed E-state index contributed by atoms with van der Waals surface area (Å²) in [4.78, 5) is 39.2. The first-order valence-corrected chi connectivity index (χ1v) is 11.3. The van der Waals surface area contributed by atoms with Gasteiger partial charge in [-0.1, -0.05) is 60.2 Å². The maximum atomic E-state index is 13.8. The van der Waals surface area contributed by atoms with E-state index in [2.05, 4.69) is 11.4 Å². The first-order valence-electron chi connectivity index (χ1n) is 11.3. The summed E-state index contributed by atoms with van der Waals surface area (Å²) in [6.45, 7) is 1.79. The van der Waals surface area contributed by atoms with E-state index in [4.69, 9.17) is 9.68 Å². The molecule has 8 heteroatoms. The van der Waals surface area contributed by atoms with Crippen LogP contribution in [0, 0.1) is 18.3 Å². The van der Waals surface area contributed by atoms with E-state index in [9.17, 15) is 14.9 Å². The van der Waals surface area contributed by atoms with Crippen molar-refractivity contribution in [2.45, 2.75) is 13.0 Å². The monoisotopic (exact) mass is 482 g/mol. The van der Waals surface area contributed by atoms with Gasteiger partial charge in [0.15, 0.2) is 5.78 Å². The molecule has 1 aliphatic rings. The van der Waals surface area contributed by atoms with Crippen molar-refractivity contribution in [3.63, 3.8) is 0 Å². The Balaban J connectivity index is 1.85. The Morgan fingerprint density at radius 3 is 2.22 bits per heavy atom. The number of nitriles is 1. The molecule has 182 valence electrons. The molecule has 0 radical (unpaired) electrons. The van der Waals surface area contributed by atoms with Crippen molar-refractivity contribution in [3.05, 3.63) is 107 Å². The summed E-state index contributed by atoms with van der Waals surface area (Å²) in [5.41, 5.74) is 3.93. The Kier molecular flexibility index (Phi) is 7.44. The zero-order chi connectivity index (χ0) is 25.7. The van der Waals surface area contributed by atoms with Gasteiger partial charge in [0.05, 0.1) is 37.6 Å². The van der Waals surface area contributed by atoms with Gasteiger partial charge in [0.2, 0.25) is 0 Å². The number of nitrogens with one attached hydrogen (secondary N) is 1. The maximum Gasteiger partial charge on any atom is 0.272 e. The van der Waals surface area contributed by atoms with Crippen LogP contribution in [0.3, 0.4) is 0 Å². The Labute approximate surface area is 209 Å². The lowest BCUT2D eigenvalue weighted by molar-refractivity contribution is -0.126. The molecule has 0 saturated heterocycles. The van der Waals surface area contributed by atoms with Crippen molar-refractivity contribution in [1.29, 1.82) is 5.26 Å². The van der Waals surface area contributed by atoms with E-state index in [1.165, 1.54) is 24.3 Å². The van der Waals surface area contributed by atoms with Gasteiger partial charge < -0.3 is 10.2 Å². The van der Waals surface area contributed by atoms with E-state index in [1.807, 2.05) is 37.3 Å². The Bertz CT molecular complexity index is 1310. The van der Waals surface area contributed by atoms with E-state index in [0.29, 0.717) is 22.5 Å². The molecule has 36 heavy (non-hydrogen) atoms. The smallest absolute Gasteiger partial charge is 0.272 e. The topological polar surface area (TPSA) is 94.9 Å². The fraction of sp³-hybridized carbons (Fsp3) is 0.179. The lowest BCUT2D eigenvalue weighted by atomic mass is 9.92. The number of aryl methyl sites for hydroxylation is 1. The van der Waals surface area contributed by atoms with Gasteiger partial charge in [-0.05, 0) is 36.8 Å². The number of hydrogen-bond donors (Lipinski definition) is 1. The van der Waals surface area contributed by atoms with E-state index >= 15 is 0 Å². The second-order valence-corrected chi connectivity index (χ2v) is 8.18. The van der Waals surface area contributed by atoms with Crippen molar-refractivity contribution in [3.8, 4) is 6.07 Å². The predicted molar refractivity (Wildman–Crippen MR) is 136 cm³/mol. The number of amides is 1. The first-order chi connectivity index (χ1) is 17.5. The van der Waals surface area contributed by atoms with E-state index in [-0.39, 0.29) is 23.6 Å². The third-order valence-electron chi connectivity index (χ3n) is 5.92. The number of nitrogens with zero attached hydrogens (tertiary/aromatic N) is 3. The summed E-state index contributed by atoms with van der Waals surface area (Å²) in [6.07, 6.45) is 0. The summed E-state index contributed by atoms with van der Waals surface area (Å²) >= 11 is 0. The van der Waals surface area contributed by atoms with Gasteiger partial charge in [-0.2, -0.15) is 5.26 Å². The van der Waals surface area contributed by atoms with Gasteiger partial charge in [-0.3, -0.25) is 19.3 Å². The van der Waals surface area contributed by atoms with Crippen LogP contribution in [0.4, 0.5) is 11.4 Å². The summed E-state index contributed by atoms with van der Waals surface area (Å²) in [5, 5.41) is 13.9. The summed E-state index contributed by atoms with van der Waals surface area (Å²) in [6, 6.07) is 24.7. The highest BCUT2D eigenvalue weighted by atomic mass is 16.9. The van der Waals surface area contributed by atoms with Gasteiger partial charge in [0.25, 0.3) is 5.91 Å². The minimum Gasteiger partial charge on any atom is -0.351 e. The van der Waals surface area contributed by atoms with Gasteiger partial charge in [-0.15, -0.1) is 5.23 Å². The van der Waals surface area contributed by atoms with Crippen molar-refractivity contribution in [1.82, 2.24) is 4.90 Å². The van der Waals surface area contributed by atoms with Crippen LogP contribution >= 0.6 is 0 Å². The predicted octanol–water partition coefficient (Wildman–Crippen LogP) is 4.58. The van der Waals surface area contributed by atoms with Crippen LogP contribution in [-0.2, 0) is 14.5 Å². The third-order valence-corrected chi connectivity index (χ3v) is 5.92. The molecule has 0 aromatic heterocycles. The number of carbonyl (C=O) groups is 2. The number of ketones is 1. The Hall–Kier alpha value is -4.45. The fourth-order valence-electron chi connectivity index (χ4n) is 4.20. The zero-order valence-corrected chi connectivity index (χ0v) is 20.3. The number of carbonyl (C=O) groups excluding carboxylic acids is 2. The molecule has 3 aromatic carbocycles. The molecule has 0 spiro atoms. The third kappa shape index (κ3) is 4.84. The van der Waals surface area contributed by atoms with Crippen molar-refractivity contribution >= 4 is 23.1 Å². The first kappa shape index (κ1) is 24.7. The molecule has 1 N–H and O–H groups in total. The number of benzene rings is 3. The Morgan fingerprint density at radius 1 is 1.00 bits per heavy atom. The number of Topliss-reactive ketones (excluding diaryl/α,β-unsaturated/α-hetero) is 1. The molecule has 1 atom stereocenters. The van der Waals surface area contributed by atoms with Crippen LogP contribution in [0.1, 0.15) is 27.5 Å².